The van der Waals surface area contributed by atoms with Crippen molar-refractivity contribution in [3.8, 4) is 0 Å². The summed E-state index contributed by atoms with van der Waals surface area (Å²) >= 11 is 0. The number of aromatic nitrogens is 1. The lowest BCUT2D eigenvalue weighted by Gasteiger charge is -2.31. The van der Waals surface area contributed by atoms with Crippen LogP contribution in [0.1, 0.15) is 23.7 Å². The first-order chi connectivity index (χ1) is 6.36. The van der Waals surface area contributed by atoms with Crippen molar-refractivity contribution in [1.82, 2.24) is 9.88 Å². The van der Waals surface area contributed by atoms with Gasteiger partial charge in [0, 0.05) is 37.4 Å². The highest BCUT2D eigenvalue weighted by Crippen LogP contribution is 2.36. The second kappa shape index (κ2) is 2.59. The number of nitrogens with zero attached hydrogens (tertiary/aromatic N) is 1. The molecule has 0 saturated carbocycles. The minimum Gasteiger partial charge on any atom is -0.365 e. The van der Waals surface area contributed by atoms with Gasteiger partial charge in [-0.1, -0.05) is 0 Å². The van der Waals surface area contributed by atoms with Crippen molar-refractivity contribution in [2.75, 3.05) is 13.1 Å². The number of hydrogen-bond donors (Lipinski definition) is 2. The molecule has 2 unspecified atom stereocenters. The predicted molar refractivity (Wildman–Crippen MR) is 51.4 cm³/mol. The highest BCUT2D eigenvalue weighted by Gasteiger charge is 2.36. The van der Waals surface area contributed by atoms with Crippen LogP contribution in [0.3, 0.4) is 0 Å². The standard InChI is InChI=1S/C10H15N3/c11-8-2-5-13-6-3-9-7(10(8)13)1-4-12-9/h1,4,8,10,12H,2-3,5-6,11H2. The van der Waals surface area contributed by atoms with E-state index in [1.54, 1.807) is 0 Å². The molecule has 0 bridgehead atoms. The van der Waals surface area contributed by atoms with E-state index in [1.807, 2.05) is 6.20 Å². The van der Waals surface area contributed by atoms with Crippen LogP contribution in [0.25, 0.3) is 0 Å². The Morgan fingerprint density at radius 1 is 1.46 bits per heavy atom. The van der Waals surface area contributed by atoms with E-state index in [1.165, 1.54) is 24.3 Å². The minimum absolute atomic E-state index is 0.342. The first-order valence-corrected chi connectivity index (χ1v) is 5.02. The fourth-order valence-corrected chi connectivity index (χ4v) is 2.73. The molecule has 1 fully saturated rings. The molecule has 1 saturated heterocycles. The van der Waals surface area contributed by atoms with Crippen LogP contribution in [0.4, 0.5) is 0 Å². The van der Waals surface area contributed by atoms with Crippen molar-refractivity contribution in [2.24, 2.45) is 5.73 Å². The van der Waals surface area contributed by atoms with Gasteiger partial charge in [-0.3, -0.25) is 4.90 Å². The normalized spacial score (nSPS) is 33.0. The SMILES string of the molecule is NC1CCN2CCc3[nH]ccc3C12. The summed E-state index contributed by atoms with van der Waals surface area (Å²) < 4.78 is 0. The molecule has 3 rings (SSSR count). The summed E-state index contributed by atoms with van der Waals surface area (Å²) in [5.41, 5.74) is 8.95. The summed E-state index contributed by atoms with van der Waals surface area (Å²) in [5.74, 6) is 0. The van der Waals surface area contributed by atoms with Crippen LogP contribution >= 0.6 is 0 Å². The van der Waals surface area contributed by atoms with Gasteiger partial charge in [0.2, 0.25) is 0 Å². The summed E-state index contributed by atoms with van der Waals surface area (Å²) in [6.07, 6.45) is 4.35. The van der Waals surface area contributed by atoms with Crippen LogP contribution in [-0.2, 0) is 6.42 Å². The van der Waals surface area contributed by atoms with Crippen LogP contribution < -0.4 is 5.73 Å². The number of rotatable bonds is 0. The molecule has 0 aromatic carbocycles. The van der Waals surface area contributed by atoms with Gasteiger partial charge >= 0.3 is 0 Å². The average molecular weight is 177 g/mol. The van der Waals surface area contributed by atoms with Gasteiger partial charge in [-0.15, -0.1) is 0 Å². The summed E-state index contributed by atoms with van der Waals surface area (Å²) in [7, 11) is 0. The van der Waals surface area contributed by atoms with Crippen molar-refractivity contribution in [1.29, 1.82) is 0 Å². The Hall–Kier alpha value is -0.800. The van der Waals surface area contributed by atoms with Crippen LogP contribution in [-0.4, -0.2) is 29.0 Å². The van der Waals surface area contributed by atoms with Crippen LogP contribution in [0.5, 0.6) is 0 Å². The molecule has 2 aliphatic heterocycles. The zero-order valence-corrected chi connectivity index (χ0v) is 7.66. The zero-order valence-electron chi connectivity index (χ0n) is 7.66. The molecule has 3 N–H and O–H groups in total. The molecular formula is C10H15N3. The van der Waals surface area contributed by atoms with Crippen molar-refractivity contribution in [3.05, 3.63) is 23.5 Å². The second-order valence-electron chi connectivity index (χ2n) is 4.09. The molecule has 0 radical (unpaired) electrons. The number of nitrogens with one attached hydrogen (secondary N) is 1. The van der Waals surface area contributed by atoms with Crippen LogP contribution in [0, 0.1) is 0 Å². The smallest absolute Gasteiger partial charge is 0.0517 e. The maximum Gasteiger partial charge on any atom is 0.0517 e. The molecule has 0 spiro atoms. The summed E-state index contributed by atoms with van der Waals surface area (Å²) in [4.78, 5) is 5.82. The predicted octanol–water partition coefficient (Wildman–Crippen LogP) is 0.645. The third kappa shape index (κ3) is 0.974. The maximum absolute atomic E-state index is 6.11. The summed E-state index contributed by atoms with van der Waals surface area (Å²) in [6.45, 7) is 2.35. The minimum atomic E-state index is 0.342. The van der Waals surface area contributed by atoms with Gasteiger partial charge < -0.3 is 10.7 Å². The molecular weight excluding hydrogens is 162 g/mol. The number of hydrogen-bond acceptors (Lipinski definition) is 2. The van der Waals surface area contributed by atoms with Gasteiger partial charge in [-0.25, -0.2) is 0 Å². The zero-order chi connectivity index (χ0) is 8.84. The number of nitrogens with two attached hydrogens (primary N) is 1. The van der Waals surface area contributed by atoms with E-state index in [0.717, 1.165) is 12.8 Å². The van der Waals surface area contributed by atoms with E-state index >= 15 is 0 Å². The third-order valence-corrected chi connectivity index (χ3v) is 3.39. The molecule has 2 aliphatic rings. The van der Waals surface area contributed by atoms with E-state index in [0.29, 0.717) is 12.1 Å². The Morgan fingerprint density at radius 2 is 2.38 bits per heavy atom. The van der Waals surface area contributed by atoms with Crippen molar-refractivity contribution >= 4 is 0 Å². The van der Waals surface area contributed by atoms with Crippen LogP contribution in [0.2, 0.25) is 0 Å². The maximum atomic E-state index is 6.11. The van der Waals surface area contributed by atoms with Gasteiger partial charge in [-0.05, 0) is 18.1 Å². The van der Waals surface area contributed by atoms with Crippen molar-refractivity contribution in [2.45, 2.75) is 24.9 Å². The molecule has 0 amide bonds. The second-order valence-corrected chi connectivity index (χ2v) is 4.09. The largest absolute Gasteiger partial charge is 0.365 e. The highest BCUT2D eigenvalue weighted by atomic mass is 15.2. The third-order valence-electron chi connectivity index (χ3n) is 3.39. The van der Waals surface area contributed by atoms with E-state index in [4.69, 9.17) is 5.73 Å². The summed E-state index contributed by atoms with van der Waals surface area (Å²) in [5, 5.41) is 0. The molecule has 1 aromatic heterocycles. The summed E-state index contributed by atoms with van der Waals surface area (Å²) in [6, 6.07) is 3.03. The molecule has 13 heavy (non-hydrogen) atoms. The lowest BCUT2D eigenvalue weighted by atomic mass is 9.96. The van der Waals surface area contributed by atoms with Gasteiger partial charge in [0.25, 0.3) is 0 Å². The first-order valence-electron chi connectivity index (χ1n) is 5.02. The lowest BCUT2D eigenvalue weighted by Crippen LogP contribution is -2.36. The van der Waals surface area contributed by atoms with E-state index in [9.17, 15) is 0 Å². The number of fused-ring (bicyclic) bond motifs is 3. The first kappa shape index (κ1) is 7.59. The van der Waals surface area contributed by atoms with Gasteiger partial charge in [0.05, 0.1) is 6.04 Å². The van der Waals surface area contributed by atoms with Gasteiger partial charge in [0.15, 0.2) is 0 Å². The van der Waals surface area contributed by atoms with E-state index in [2.05, 4.69) is 16.0 Å². The van der Waals surface area contributed by atoms with Crippen molar-refractivity contribution in [3.63, 3.8) is 0 Å². The molecule has 3 heterocycles. The highest BCUT2D eigenvalue weighted by molar-refractivity contribution is 5.30. The van der Waals surface area contributed by atoms with E-state index < -0.39 is 0 Å². The Balaban J connectivity index is 2.05. The Bertz CT molecular complexity index is 318. The molecule has 3 nitrogen and oxygen atoms in total. The van der Waals surface area contributed by atoms with E-state index in [-0.39, 0.29) is 0 Å². The van der Waals surface area contributed by atoms with Crippen molar-refractivity contribution < 1.29 is 0 Å². The number of aromatic amines is 1. The number of H-pyrrole nitrogens is 1. The van der Waals surface area contributed by atoms with Gasteiger partial charge in [-0.2, -0.15) is 0 Å². The average Bonchev–Trinajstić information content (AvgIpc) is 2.70. The lowest BCUT2D eigenvalue weighted by molar-refractivity contribution is 0.233. The Kier molecular flexibility index (Phi) is 1.51. The molecule has 3 heteroatoms. The fraction of sp³-hybridized carbons (Fsp3) is 0.600. The van der Waals surface area contributed by atoms with Crippen LogP contribution in [0.15, 0.2) is 12.3 Å². The fourth-order valence-electron chi connectivity index (χ4n) is 2.73. The molecule has 2 atom stereocenters. The monoisotopic (exact) mass is 177 g/mol. The Labute approximate surface area is 77.9 Å². The Morgan fingerprint density at radius 3 is 3.31 bits per heavy atom. The quantitative estimate of drug-likeness (QED) is 0.611. The van der Waals surface area contributed by atoms with Gasteiger partial charge in [0.1, 0.15) is 0 Å². The molecule has 70 valence electrons. The molecule has 1 aromatic rings. The topological polar surface area (TPSA) is 45.0 Å². The molecule has 0 aliphatic carbocycles.